The average molecular weight is 293 g/mol. The van der Waals surface area contributed by atoms with Crippen LogP contribution in [0.2, 0.25) is 0 Å². The monoisotopic (exact) mass is 292 g/mol. The average Bonchev–Trinajstić information content (AvgIpc) is 1.90. The standard InChI is InChI=1S/C6H5IO.2ClH/c8-7-6-4-2-1-3-5-6;;/h1-5H;2*1H. The van der Waals surface area contributed by atoms with Crippen molar-refractivity contribution in [1.82, 2.24) is 0 Å². The van der Waals surface area contributed by atoms with Crippen molar-refractivity contribution in [2.24, 2.45) is 0 Å². The summed E-state index contributed by atoms with van der Waals surface area (Å²) >= 11 is -0.941. The Bertz CT molecular complexity index is 178. The Kier molecular flexibility index (Phi) is 9.64. The van der Waals surface area contributed by atoms with Crippen LogP contribution in [0.25, 0.3) is 0 Å². The molecule has 0 unspecified atom stereocenters. The fourth-order valence-corrected chi connectivity index (χ4v) is 1.17. The fourth-order valence-electron chi connectivity index (χ4n) is 0.466. The van der Waals surface area contributed by atoms with E-state index in [1.54, 1.807) is 0 Å². The third-order valence-electron chi connectivity index (χ3n) is 0.822. The van der Waals surface area contributed by atoms with Crippen molar-refractivity contribution in [1.29, 1.82) is 0 Å². The Hall–Kier alpha value is 0.330. The van der Waals surface area contributed by atoms with Gasteiger partial charge >= 0.3 is 0 Å². The molecule has 0 saturated carbocycles. The highest BCUT2D eigenvalue weighted by Crippen LogP contribution is 2.06. The minimum absolute atomic E-state index is 0. The Labute approximate surface area is 82.7 Å². The number of halogens is 3. The lowest BCUT2D eigenvalue weighted by Crippen LogP contribution is -1.63. The van der Waals surface area contributed by atoms with Crippen molar-refractivity contribution in [3.8, 4) is 0 Å². The molecule has 0 saturated heterocycles. The summed E-state index contributed by atoms with van der Waals surface area (Å²) in [7, 11) is 0. The first kappa shape index (κ1) is 13.0. The van der Waals surface area contributed by atoms with Crippen molar-refractivity contribution >= 4 is 46.0 Å². The Morgan fingerprint density at radius 3 is 1.80 bits per heavy atom. The second kappa shape index (κ2) is 7.44. The van der Waals surface area contributed by atoms with Crippen LogP contribution in [0.15, 0.2) is 30.3 Å². The third-order valence-corrected chi connectivity index (χ3v) is 2.05. The first-order valence-corrected chi connectivity index (χ1v) is 4.21. The zero-order valence-corrected chi connectivity index (χ0v) is 8.78. The first-order chi connectivity index (χ1) is 3.93. The molecule has 58 valence electrons. The summed E-state index contributed by atoms with van der Waals surface area (Å²) in [5, 5.41) is 0. The normalized spacial score (nSPS) is 7.20. The molecule has 1 rings (SSSR count). The van der Waals surface area contributed by atoms with Gasteiger partial charge in [0, 0.05) is 3.57 Å². The summed E-state index contributed by atoms with van der Waals surface area (Å²) in [6.07, 6.45) is 0. The highest BCUT2D eigenvalue weighted by Gasteiger charge is 1.81. The van der Waals surface area contributed by atoms with Gasteiger partial charge in [0.2, 0.25) is 0 Å². The van der Waals surface area contributed by atoms with Gasteiger partial charge in [-0.05, 0) is 12.1 Å². The molecule has 0 fully saturated rings. The van der Waals surface area contributed by atoms with Gasteiger partial charge < -0.3 is 0 Å². The zero-order valence-electron chi connectivity index (χ0n) is 4.99. The van der Waals surface area contributed by atoms with Crippen LogP contribution in [-0.2, 0) is 3.07 Å². The Morgan fingerprint density at radius 1 is 1.00 bits per heavy atom. The van der Waals surface area contributed by atoms with Crippen LogP contribution in [-0.4, -0.2) is 0 Å². The van der Waals surface area contributed by atoms with Crippen LogP contribution in [0.1, 0.15) is 0 Å². The molecule has 0 bridgehead atoms. The van der Waals surface area contributed by atoms with Gasteiger partial charge in [0.15, 0.2) is 21.2 Å². The number of hydrogen-bond acceptors (Lipinski definition) is 1. The smallest absolute Gasteiger partial charge is 0.182 e. The van der Waals surface area contributed by atoms with Gasteiger partial charge in [0.1, 0.15) is 0 Å². The van der Waals surface area contributed by atoms with E-state index in [-0.39, 0.29) is 24.8 Å². The molecule has 0 aliphatic rings. The van der Waals surface area contributed by atoms with Crippen LogP contribution >= 0.6 is 46.0 Å². The van der Waals surface area contributed by atoms with Gasteiger partial charge in [-0.1, -0.05) is 18.2 Å². The molecule has 1 nitrogen and oxygen atoms in total. The molecule has 0 aromatic heterocycles. The molecule has 0 amide bonds. The van der Waals surface area contributed by atoms with E-state index in [2.05, 4.69) is 0 Å². The van der Waals surface area contributed by atoms with Crippen molar-refractivity contribution in [2.45, 2.75) is 0 Å². The maximum Gasteiger partial charge on any atom is 0.182 e. The molecule has 0 aliphatic heterocycles. The summed E-state index contributed by atoms with van der Waals surface area (Å²) in [5.41, 5.74) is 0. The summed E-state index contributed by atoms with van der Waals surface area (Å²) in [4.78, 5) is 0. The molecule has 0 spiro atoms. The fraction of sp³-hybridized carbons (Fsp3) is 0. The molecular formula is C6H7Cl2IO. The van der Waals surface area contributed by atoms with Gasteiger partial charge in [-0.25, -0.2) is 0 Å². The molecule has 1 aromatic rings. The summed E-state index contributed by atoms with van der Waals surface area (Å²) < 4.78 is 11.2. The van der Waals surface area contributed by atoms with E-state index in [0.29, 0.717) is 0 Å². The van der Waals surface area contributed by atoms with E-state index in [9.17, 15) is 3.07 Å². The van der Waals surface area contributed by atoms with Gasteiger partial charge in [-0.15, -0.1) is 24.8 Å². The van der Waals surface area contributed by atoms with Gasteiger partial charge in [0.25, 0.3) is 0 Å². The third kappa shape index (κ3) is 4.19. The zero-order chi connectivity index (χ0) is 5.82. The van der Waals surface area contributed by atoms with E-state index in [1.165, 1.54) is 0 Å². The summed E-state index contributed by atoms with van der Waals surface area (Å²) in [5.74, 6) is 0. The molecule has 0 heterocycles. The molecule has 4 heteroatoms. The Balaban J connectivity index is 0. The van der Waals surface area contributed by atoms with E-state index in [0.717, 1.165) is 3.57 Å². The second-order valence-electron chi connectivity index (χ2n) is 1.37. The van der Waals surface area contributed by atoms with Crippen molar-refractivity contribution < 1.29 is 3.07 Å². The molecule has 10 heavy (non-hydrogen) atoms. The molecule has 0 N–H and O–H groups in total. The summed E-state index contributed by atoms with van der Waals surface area (Å²) in [6, 6.07) is 9.46. The SMILES string of the molecule is Cl.Cl.O=Ic1ccccc1. The van der Waals surface area contributed by atoms with Crippen LogP contribution in [0.5, 0.6) is 0 Å². The van der Waals surface area contributed by atoms with E-state index in [4.69, 9.17) is 0 Å². The lowest BCUT2D eigenvalue weighted by Gasteiger charge is -1.80. The van der Waals surface area contributed by atoms with E-state index >= 15 is 0 Å². The predicted octanol–water partition coefficient (Wildman–Crippen LogP) is 3.02. The van der Waals surface area contributed by atoms with Crippen molar-refractivity contribution in [3.05, 3.63) is 33.9 Å². The van der Waals surface area contributed by atoms with Crippen molar-refractivity contribution in [3.63, 3.8) is 0 Å². The number of benzene rings is 1. The van der Waals surface area contributed by atoms with E-state index < -0.39 is 21.2 Å². The highest BCUT2D eigenvalue weighted by molar-refractivity contribution is 14.1. The molecular weight excluding hydrogens is 286 g/mol. The molecule has 0 aliphatic carbocycles. The second-order valence-corrected chi connectivity index (χ2v) is 3.06. The Morgan fingerprint density at radius 2 is 1.50 bits per heavy atom. The minimum atomic E-state index is -0.941. The molecule has 1 aromatic carbocycles. The number of hydrogen-bond donors (Lipinski definition) is 0. The largest absolute Gasteiger partial charge is 0.265 e. The maximum atomic E-state index is 10.2. The summed E-state index contributed by atoms with van der Waals surface area (Å²) in [6.45, 7) is 0. The quantitative estimate of drug-likeness (QED) is 0.727. The number of rotatable bonds is 1. The predicted molar refractivity (Wildman–Crippen MR) is 54.3 cm³/mol. The minimum Gasteiger partial charge on any atom is -0.265 e. The lowest BCUT2D eigenvalue weighted by molar-refractivity contribution is 0.648. The lowest BCUT2D eigenvalue weighted by atomic mass is 10.4. The highest BCUT2D eigenvalue weighted by atomic mass is 127. The first-order valence-electron chi connectivity index (χ1n) is 2.25. The van der Waals surface area contributed by atoms with Crippen LogP contribution in [0, 0.1) is 3.57 Å². The van der Waals surface area contributed by atoms with Crippen molar-refractivity contribution in [2.75, 3.05) is 0 Å². The van der Waals surface area contributed by atoms with Gasteiger partial charge in [0.05, 0.1) is 0 Å². The van der Waals surface area contributed by atoms with E-state index in [1.807, 2.05) is 30.3 Å². The van der Waals surface area contributed by atoms with Crippen LogP contribution in [0.3, 0.4) is 0 Å². The molecule has 0 radical (unpaired) electrons. The maximum absolute atomic E-state index is 10.2. The topological polar surface area (TPSA) is 17.1 Å². The van der Waals surface area contributed by atoms with Crippen LogP contribution < -0.4 is 0 Å². The molecule has 0 atom stereocenters. The van der Waals surface area contributed by atoms with Crippen LogP contribution in [0.4, 0.5) is 0 Å². The van der Waals surface area contributed by atoms with Gasteiger partial charge in [-0.2, -0.15) is 0 Å². The van der Waals surface area contributed by atoms with Gasteiger partial charge in [-0.3, -0.25) is 3.07 Å².